The molecule has 0 saturated carbocycles. The summed E-state index contributed by atoms with van der Waals surface area (Å²) in [5.74, 6) is 0. The molecule has 0 atom stereocenters. The molecule has 0 unspecified atom stereocenters. The van der Waals surface area contributed by atoms with E-state index < -0.39 is 0 Å². The fraction of sp³-hybridized carbons (Fsp3) is 0.169. The van der Waals surface area contributed by atoms with Crippen LogP contribution in [0.15, 0.2) is 192 Å². The SMILES string of the molecule is CC(C)(C)c1ccc2c(c1)B1c3cc(-c4ccccc4)ccc3N(c3ccc4c(c3)C(C)(C)c3ccccc3-4)c3cc(C(C)(C)C)cc(c31)N2c1ccc(-c2cccc3c2oc2ccccc23)cc1. The van der Waals surface area contributed by atoms with Crippen LogP contribution in [0.5, 0.6) is 0 Å². The van der Waals surface area contributed by atoms with E-state index in [-0.39, 0.29) is 23.0 Å². The Morgan fingerprint density at radius 3 is 1.77 bits per heavy atom. The van der Waals surface area contributed by atoms with Crippen molar-refractivity contribution in [2.24, 2.45) is 0 Å². The lowest BCUT2D eigenvalue weighted by Gasteiger charge is -2.45. The molecule has 10 aromatic rings. The third kappa shape index (κ3) is 6.27. The van der Waals surface area contributed by atoms with Crippen molar-refractivity contribution in [1.29, 1.82) is 0 Å². The highest BCUT2D eigenvalue weighted by molar-refractivity contribution is 7.00. The Hall–Kier alpha value is -7.56. The summed E-state index contributed by atoms with van der Waals surface area (Å²) in [5.41, 5.74) is 25.4. The summed E-state index contributed by atoms with van der Waals surface area (Å²) in [4.78, 5) is 5.16. The Labute approximate surface area is 406 Å². The van der Waals surface area contributed by atoms with Gasteiger partial charge in [0.2, 0.25) is 0 Å². The number of fused-ring (bicyclic) bond motifs is 10. The Morgan fingerprint density at radius 2 is 1.01 bits per heavy atom. The van der Waals surface area contributed by atoms with E-state index in [0.29, 0.717) is 0 Å². The molecule has 13 rings (SSSR count). The van der Waals surface area contributed by atoms with Crippen LogP contribution >= 0.6 is 0 Å². The molecule has 4 heteroatoms. The second kappa shape index (κ2) is 14.7. The number of hydrogen-bond acceptors (Lipinski definition) is 3. The fourth-order valence-electron chi connectivity index (χ4n) is 11.9. The van der Waals surface area contributed by atoms with Crippen molar-refractivity contribution in [2.45, 2.75) is 71.6 Å². The Morgan fingerprint density at radius 1 is 0.420 bits per heavy atom. The summed E-state index contributed by atoms with van der Waals surface area (Å²) in [6.45, 7) is 18.8. The van der Waals surface area contributed by atoms with Gasteiger partial charge in [0, 0.05) is 55.9 Å². The van der Waals surface area contributed by atoms with Crippen molar-refractivity contribution >= 4 is 79.2 Å². The van der Waals surface area contributed by atoms with E-state index in [9.17, 15) is 0 Å². The largest absolute Gasteiger partial charge is 0.455 e. The van der Waals surface area contributed by atoms with Gasteiger partial charge in [-0.2, -0.15) is 0 Å². The van der Waals surface area contributed by atoms with E-state index >= 15 is 0 Å². The maximum absolute atomic E-state index is 6.55. The molecule has 0 amide bonds. The van der Waals surface area contributed by atoms with E-state index in [1.165, 1.54) is 89.3 Å². The average molecular weight is 891 g/mol. The van der Waals surface area contributed by atoms with Crippen LogP contribution in [0.1, 0.15) is 77.6 Å². The van der Waals surface area contributed by atoms with Gasteiger partial charge in [0.05, 0.1) is 0 Å². The molecule has 0 fully saturated rings. The third-order valence-electron chi connectivity index (χ3n) is 15.6. The molecular weight excluding hydrogens is 836 g/mol. The van der Waals surface area contributed by atoms with Crippen LogP contribution in [0, 0.1) is 0 Å². The lowest BCUT2D eigenvalue weighted by Crippen LogP contribution is -2.61. The first-order valence-electron chi connectivity index (χ1n) is 24.6. The molecular formula is C65H55BN2O. The zero-order chi connectivity index (χ0) is 47.1. The molecule has 334 valence electrons. The quantitative estimate of drug-likeness (QED) is 0.164. The normalized spacial score (nSPS) is 14.4. The van der Waals surface area contributed by atoms with Crippen LogP contribution in [0.3, 0.4) is 0 Å². The molecule has 9 aromatic carbocycles. The number of hydrogen-bond donors (Lipinski definition) is 0. The van der Waals surface area contributed by atoms with Gasteiger partial charge in [-0.15, -0.1) is 0 Å². The molecule has 0 N–H and O–H groups in total. The van der Waals surface area contributed by atoms with Crippen LogP contribution in [0.4, 0.5) is 34.1 Å². The highest BCUT2D eigenvalue weighted by Gasteiger charge is 2.45. The minimum absolute atomic E-state index is 0.0208. The number of anilines is 6. The van der Waals surface area contributed by atoms with Crippen LogP contribution < -0.4 is 26.2 Å². The van der Waals surface area contributed by atoms with E-state index in [1.54, 1.807) is 0 Å². The maximum Gasteiger partial charge on any atom is 0.252 e. The highest BCUT2D eigenvalue weighted by atomic mass is 16.3. The van der Waals surface area contributed by atoms with Crippen LogP contribution in [-0.4, -0.2) is 6.71 Å². The summed E-state index contributed by atoms with van der Waals surface area (Å²) < 4.78 is 6.55. The van der Waals surface area contributed by atoms with Gasteiger partial charge in [0.25, 0.3) is 6.71 Å². The molecule has 0 bridgehead atoms. The van der Waals surface area contributed by atoms with Crippen molar-refractivity contribution in [3.05, 3.63) is 210 Å². The number of benzene rings is 9. The number of rotatable bonds is 4. The maximum atomic E-state index is 6.55. The van der Waals surface area contributed by atoms with E-state index in [1.807, 2.05) is 6.07 Å². The summed E-state index contributed by atoms with van der Waals surface area (Å²) in [7, 11) is 0. The van der Waals surface area contributed by atoms with Gasteiger partial charge in [-0.1, -0.05) is 189 Å². The monoisotopic (exact) mass is 890 g/mol. The second-order valence-corrected chi connectivity index (χ2v) is 22.2. The minimum atomic E-state index is -0.145. The van der Waals surface area contributed by atoms with Gasteiger partial charge < -0.3 is 14.2 Å². The van der Waals surface area contributed by atoms with Crippen LogP contribution in [0.25, 0.3) is 55.3 Å². The van der Waals surface area contributed by atoms with Crippen LogP contribution in [0.2, 0.25) is 0 Å². The summed E-state index contributed by atoms with van der Waals surface area (Å²) in [6, 6.07) is 70.7. The van der Waals surface area contributed by atoms with Gasteiger partial charge in [-0.25, -0.2) is 0 Å². The topological polar surface area (TPSA) is 19.6 Å². The highest BCUT2D eigenvalue weighted by Crippen LogP contribution is 2.52. The predicted molar refractivity (Wildman–Crippen MR) is 294 cm³/mol. The first-order valence-corrected chi connectivity index (χ1v) is 24.6. The molecule has 1 aliphatic carbocycles. The predicted octanol–water partition coefficient (Wildman–Crippen LogP) is 15.9. The van der Waals surface area contributed by atoms with Gasteiger partial charge >= 0.3 is 0 Å². The number of nitrogens with zero attached hydrogens (tertiary/aromatic N) is 2. The van der Waals surface area contributed by atoms with Gasteiger partial charge in [-0.3, -0.25) is 0 Å². The average Bonchev–Trinajstić information content (AvgIpc) is 3.85. The van der Waals surface area contributed by atoms with E-state index in [0.717, 1.165) is 38.8 Å². The standard InChI is InChI=1S/C65H55BN2O/c1-63(2,3)43-28-34-57-55(36-43)66-54-35-42(40-17-10-9-11-18-40)27-33-56(54)68(46-31-32-49-48-19-12-14-23-52(48)65(7,8)53(49)39-46)59-38-44(64(4,5)6)37-58(61(59)66)67(57)45-29-25-41(26-30-45)47-21-16-22-51-50-20-13-15-24-60(50)69-62(47)51/h9-39H,1-8H3. The minimum Gasteiger partial charge on any atom is -0.455 e. The van der Waals surface area contributed by atoms with Gasteiger partial charge in [-0.05, 0) is 132 Å². The Kier molecular flexibility index (Phi) is 8.88. The van der Waals surface area contributed by atoms with Crippen molar-refractivity contribution in [3.8, 4) is 33.4 Å². The fourth-order valence-corrected chi connectivity index (χ4v) is 11.9. The molecule has 3 aliphatic rings. The molecule has 0 spiro atoms. The van der Waals surface area contributed by atoms with Gasteiger partial charge in [0.15, 0.2) is 0 Å². The summed E-state index contributed by atoms with van der Waals surface area (Å²) >= 11 is 0. The molecule has 69 heavy (non-hydrogen) atoms. The Balaban J connectivity index is 1.07. The molecule has 3 nitrogen and oxygen atoms in total. The second-order valence-electron chi connectivity index (χ2n) is 22.2. The third-order valence-corrected chi connectivity index (χ3v) is 15.6. The smallest absolute Gasteiger partial charge is 0.252 e. The van der Waals surface area contributed by atoms with E-state index in [4.69, 9.17) is 4.42 Å². The zero-order valence-electron chi connectivity index (χ0n) is 40.8. The number of furan rings is 1. The first kappa shape index (κ1) is 41.6. The lowest BCUT2D eigenvalue weighted by molar-refractivity contribution is 0.590. The first-order chi connectivity index (χ1) is 33.2. The van der Waals surface area contributed by atoms with E-state index in [2.05, 4.69) is 247 Å². The lowest BCUT2D eigenvalue weighted by atomic mass is 9.33. The molecule has 1 aromatic heterocycles. The van der Waals surface area contributed by atoms with Crippen molar-refractivity contribution in [3.63, 3.8) is 0 Å². The molecule has 2 aliphatic heterocycles. The van der Waals surface area contributed by atoms with Crippen molar-refractivity contribution in [1.82, 2.24) is 0 Å². The molecule has 0 saturated heterocycles. The summed E-state index contributed by atoms with van der Waals surface area (Å²) in [6.07, 6.45) is 0. The van der Waals surface area contributed by atoms with Crippen molar-refractivity contribution < 1.29 is 4.42 Å². The zero-order valence-corrected chi connectivity index (χ0v) is 40.8. The Bertz CT molecular complexity index is 3730. The van der Waals surface area contributed by atoms with Crippen LogP contribution in [-0.2, 0) is 16.2 Å². The molecule has 0 radical (unpaired) electrons. The van der Waals surface area contributed by atoms with Crippen molar-refractivity contribution in [2.75, 3.05) is 9.80 Å². The number of para-hydroxylation sites is 2. The summed E-state index contributed by atoms with van der Waals surface area (Å²) in [5, 5.41) is 2.28. The molecule has 3 heterocycles. The van der Waals surface area contributed by atoms with Gasteiger partial charge in [0.1, 0.15) is 11.2 Å².